The van der Waals surface area contributed by atoms with E-state index in [1.54, 1.807) is 6.92 Å². The van der Waals surface area contributed by atoms with E-state index in [-0.39, 0.29) is 17.6 Å². The molecule has 0 amide bonds. The van der Waals surface area contributed by atoms with Crippen molar-refractivity contribution in [2.24, 2.45) is 0 Å². The van der Waals surface area contributed by atoms with Crippen molar-refractivity contribution in [3.63, 3.8) is 0 Å². The Labute approximate surface area is 144 Å². The van der Waals surface area contributed by atoms with Gasteiger partial charge in [-0.2, -0.15) is 0 Å². The Hall–Kier alpha value is -2.42. The Morgan fingerprint density at radius 1 is 0.731 bits per heavy atom. The van der Waals surface area contributed by atoms with Gasteiger partial charge in [0.1, 0.15) is 17.1 Å². The molecule has 0 spiro atoms. The lowest BCUT2D eigenvalue weighted by Gasteiger charge is -2.16. The third-order valence-corrected chi connectivity index (χ3v) is 3.91. The SMILES string of the molecule is CC1OC1(c1ccc(OC(F)(F)F)cc1)c1ccc(OC(F)(F)F)cc1. The summed E-state index contributed by atoms with van der Waals surface area (Å²) >= 11 is 0. The van der Waals surface area contributed by atoms with Gasteiger partial charge in [0.2, 0.25) is 0 Å². The zero-order valence-corrected chi connectivity index (χ0v) is 13.2. The normalized spacial score (nSPS) is 19.1. The first-order valence-corrected chi connectivity index (χ1v) is 7.40. The second-order valence-electron chi connectivity index (χ2n) is 5.64. The van der Waals surface area contributed by atoms with Gasteiger partial charge in [-0.15, -0.1) is 26.3 Å². The second kappa shape index (κ2) is 6.08. The average molecular weight is 378 g/mol. The third kappa shape index (κ3) is 3.87. The molecule has 0 aromatic heterocycles. The van der Waals surface area contributed by atoms with Crippen LogP contribution in [0.1, 0.15) is 18.1 Å². The van der Waals surface area contributed by atoms with Crippen LogP contribution in [-0.4, -0.2) is 18.8 Å². The summed E-state index contributed by atoms with van der Waals surface area (Å²) in [6.07, 6.45) is -9.89. The maximum Gasteiger partial charge on any atom is 0.573 e. The van der Waals surface area contributed by atoms with Gasteiger partial charge in [0, 0.05) is 0 Å². The first kappa shape index (κ1) is 18.4. The average Bonchev–Trinajstić information content (AvgIpc) is 3.18. The van der Waals surface area contributed by atoms with E-state index >= 15 is 0 Å². The molecule has 1 heterocycles. The summed E-state index contributed by atoms with van der Waals surface area (Å²) in [6.45, 7) is 1.75. The zero-order chi connectivity index (χ0) is 19.2. The molecule has 1 atom stereocenters. The number of epoxide rings is 1. The van der Waals surface area contributed by atoms with E-state index in [2.05, 4.69) is 9.47 Å². The minimum atomic E-state index is -4.79. The lowest BCUT2D eigenvalue weighted by atomic mass is 9.88. The highest BCUT2D eigenvalue weighted by Crippen LogP contribution is 2.52. The fourth-order valence-electron chi connectivity index (χ4n) is 2.83. The first-order valence-electron chi connectivity index (χ1n) is 7.40. The molecular weight excluding hydrogens is 366 g/mol. The molecule has 2 aromatic carbocycles. The van der Waals surface area contributed by atoms with Gasteiger partial charge in [0.25, 0.3) is 0 Å². The molecule has 0 saturated carbocycles. The van der Waals surface area contributed by atoms with Crippen molar-refractivity contribution in [3.8, 4) is 11.5 Å². The zero-order valence-electron chi connectivity index (χ0n) is 13.2. The van der Waals surface area contributed by atoms with Gasteiger partial charge in [-0.1, -0.05) is 24.3 Å². The summed E-state index contributed by atoms with van der Waals surface area (Å²) in [4.78, 5) is 0. The van der Waals surface area contributed by atoms with Crippen molar-refractivity contribution in [3.05, 3.63) is 59.7 Å². The topological polar surface area (TPSA) is 31.0 Å². The summed E-state index contributed by atoms with van der Waals surface area (Å²) in [5.74, 6) is -0.753. The molecule has 26 heavy (non-hydrogen) atoms. The van der Waals surface area contributed by atoms with Crippen molar-refractivity contribution in [2.75, 3.05) is 0 Å². The Bertz CT molecular complexity index is 706. The summed E-state index contributed by atoms with van der Waals surface area (Å²) in [6, 6.07) is 10.3. The maximum atomic E-state index is 12.2. The van der Waals surface area contributed by atoms with Crippen molar-refractivity contribution >= 4 is 0 Å². The fraction of sp³-hybridized carbons (Fsp3) is 0.294. The highest BCUT2D eigenvalue weighted by Gasteiger charge is 2.56. The van der Waals surface area contributed by atoms with E-state index in [1.165, 1.54) is 24.3 Å². The van der Waals surface area contributed by atoms with Gasteiger partial charge in [-0.3, -0.25) is 0 Å². The van der Waals surface area contributed by atoms with Crippen molar-refractivity contribution < 1.29 is 40.6 Å². The summed E-state index contributed by atoms with van der Waals surface area (Å²) in [7, 11) is 0. The van der Waals surface area contributed by atoms with Gasteiger partial charge < -0.3 is 14.2 Å². The van der Waals surface area contributed by atoms with Crippen LogP contribution in [0.2, 0.25) is 0 Å². The molecule has 0 bridgehead atoms. The molecule has 0 N–H and O–H groups in total. The van der Waals surface area contributed by atoms with Crippen LogP contribution in [0, 0.1) is 0 Å². The van der Waals surface area contributed by atoms with Crippen LogP contribution in [-0.2, 0) is 10.3 Å². The lowest BCUT2D eigenvalue weighted by Crippen LogP contribution is -2.18. The Morgan fingerprint density at radius 3 is 1.27 bits per heavy atom. The standard InChI is InChI=1S/C17H12F6O3/c1-10-15(24-10,11-2-6-13(7-3-11)25-16(18,19)20)12-4-8-14(9-5-12)26-17(21,22)23/h2-10H,1H3. The van der Waals surface area contributed by atoms with E-state index in [9.17, 15) is 26.3 Å². The highest BCUT2D eigenvalue weighted by molar-refractivity contribution is 5.46. The fourth-order valence-corrected chi connectivity index (χ4v) is 2.83. The van der Waals surface area contributed by atoms with Gasteiger partial charge in [-0.05, 0) is 42.3 Å². The molecule has 1 unspecified atom stereocenters. The first-order chi connectivity index (χ1) is 12.0. The molecule has 3 rings (SSSR count). The van der Waals surface area contributed by atoms with Crippen molar-refractivity contribution in [1.29, 1.82) is 0 Å². The van der Waals surface area contributed by atoms with Crippen LogP contribution in [0.5, 0.6) is 11.5 Å². The minimum Gasteiger partial charge on any atom is -0.406 e. The number of ether oxygens (including phenoxy) is 3. The molecule has 1 aliphatic heterocycles. The predicted octanol–water partition coefficient (Wildman–Crippen LogP) is 5.15. The molecule has 1 saturated heterocycles. The second-order valence-corrected chi connectivity index (χ2v) is 5.64. The molecule has 0 aliphatic carbocycles. The van der Waals surface area contributed by atoms with Crippen LogP contribution in [0.25, 0.3) is 0 Å². The van der Waals surface area contributed by atoms with E-state index in [4.69, 9.17) is 4.74 Å². The largest absolute Gasteiger partial charge is 0.573 e. The lowest BCUT2D eigenvalue weighted by molar-refractivity contribution is -0.275. The quantitative estimate of drug-likeness (QED) is 0.545. The molecule has 140 valence electrons. The number of rotatable bonds is 4. The Balaban J connectivity index is 1.83. The van der Waals surface area contributed by atoms with E-state index in [0.717, 1.165) is 24.3 Å². The van der Waals surface area contributed by atoms with Gasteiger partial charge in [0.05, 0.1) is 6.10 Å². The Kier molecular flexibility index (Phi) is 4.30. The predicted molar refractivity (Wildman–Crippen MR) is 77.6 cm³/mol. The van der Waals surface area contributed by atoms with Crippen LogP contribution in [0.15, 0.2) is 48.5 Å². The van der Waals surface area contributed by atoms with Crippen LogP contribution >= 0.6 is 0 Å². The molecule has 1 aliphatic rings. The highest BCUT2D eigenvalue weighted by atomic mass is 19.4. The van der Waals surface area contributed by atoms with Crippen LogP contribution in [0.4, 0.5) is 26.3 Å². The smallest absolute Gasteiger partial charge is 0.406 e. The van der Waals surface area contributed by atoms with Gasteiger partial charge in [-0.25, -0.2) is 0 Å². The number of hydrogen-bond donors (Lipinski definition) is 0. The van der Waals surface area contributed by atoms with E-state index in [0.29, 0.717) is 11.1 Å². The van der Waals surface area contributed by atoms with E-state index < -0.39 is 18.3 Å². The summed E-state index contributed by atoms with van der Waals surface area (Å²) in [5.41, 5.74) is 0.182. The molecular formula is C17H12F6O3. The number of hydrogen-bond acceptors (Lipinski definition) is 3. The molecule has 2 aromatic rings. The Morgan fingerprint density at radius 2 is 1.04 bits per heavy atom. The minimum absolute atomic E-state index is 0.300. The number of benzene rings is 2. The summed E-state index contributed by atoms with van der Waals surface area (Å²) in [5, 5.41) is 0. The molecule has 1 fully saturated rings. The maximum absolute atomic E-state index is 12.2. The molecule has 0 radical (unpaired) electrons. The van der Waals surface area contributed by atoms with Crippen LogP contribution in [0.3, 0.4) is 0 Å². The van der Waals surface area contributed by atoms with Gasteiger partial charge >= 0.3 is 12.7 Å². The summed E-state index contributed by atoms with van der Waals surface area (Å²) < 4.78 is 86.7. The molecule has 9 heteroatoms. The number of alkyl halides is 6. The van der Waals surface area contributed by atoms with Crippen molar-refractivity contribution in [2.45, 2.75) is 31.4 Å². The third-order valence-electron chi connectivity index (χ3n) is 3.91. The van der Waals surface area contributed by atoms with Gasteiger partial charge in [0.15, 0.2) is 0 Å². The molecule has 3 nitrogen and oxygen atoms in total. The number of halogens is 6. The monoisotopic (exact) mass is 378 g/mol. The van der Waals surface area contributed by atoms with E-state index in [1.807, 2.05) is 0 Å². The van der Waals surface area contributed by atoms with Crippen LogP contribution < -0.4 is 9.47 Å². The van der Waals surface area contributed by atoms with Crippen molar-refractivity contribution in [1.82, 2.24) is 0 Å².